The first-order chi connectivity index (χ1) is 6.65. The van der Waals surface area contributed by atoms with E-state index in [4.69, 9.17) is 0 Å². The van der Waals surface area contributed by atoms with Gasteiger partial charge in [-0.3, -0.25) is 0 Å². The number of hydrazine groups is 1. The van der Waals surface area contributed by atoms with E-state index >= 15 is 0 Å². The summed E-state index contributed by atoms with van der Waals surface area (Å²) >= 11 is 3.39. The van der Waals surface area contributed by atoms with Gasteiger partial charge in [0.1, 0.15) is 16.2 Å². The van der Waals surface area contributed by atoms with E-state index in [2.05, 4.69) is 31.3 Å². The average molecular weight is 257 g/mol. The lowest BCUT2D eigenvalue weighted by Crippen LogP contribution is -2.20. The van der Waals surface area contributed by atoms with Crippen LogP contribution in [0.2, 0.25) is 0 Å². The maximum atomic E-state index is 4.44. The van der Waals surface area contributed by atoms with Crippen LogP contribution in [0.15, 0.2) is 10.7 Å². The first-order valence-electron chi connectivity index (χ1n) is 4.63. The molecule has 0 saturated heterocycles. The smallest absolute Gasteiger partial charge is 0.145 e. The zero-order valence-electron chi connectivity index (χ0n) is 8.29. The number of halogens is 1. The molecular weight excluding hydrogens is 244 g/mol. The van der Waals surface area contributed by atoms with E-state index in [1.54, 1.807) is 0 Å². The number of hydrogen-bond acceptors (Lipinski definition) is 4. The van der Waals surface area contributed by atoms with Gasteiger partial charge in [0.15, 0.2) is 0 Å². The molecule has 0 aliphatic heterocycles. The minimum atomic E-state index is 0.579. The van der Waals surface area contributed by atoms with Crippen molar-refractivity contribution in [3.05, 3.63) is 16.5 Å². The fraction of sp³-hybridized carbons (Fsp3) is 0.556. The van der Waals surface area contributed by atoms with E-state index in [1.807, 2.05) is 25.2 Å². The van der Waals surface area contributed by atoms with E-state index in [1.165, 1.54) is 12.8 Å². The van der Waals surface area contributed by atoms with Crippen molar-refractivity contribution in [3.63, 3.8) is 0 Å². The van der Waals surface area contributed by atoms with Gasteiger partial charge in [-0.1, -0.05) is 0 Å². The Kier molecular flexibility index (Phi) is 2.69. The van der Waals surface area contributed by atoms with Gasteiger partial charge in [0, 0.05) is 26.1 Å². The summed E-state index contributed by atoms with van der Waals surface area (Å²) in [5.74, 6) is 2.37. The van der Waals surface area contributed by atoms with Crippen molar-refractivity contribution in [2.24, 2.45) is 0 Å². The predicted octanol–water partition coefficient (Wildman–Crippen LogP) is 2.00. The molecule has 0 aromatic carbocycles. The monoisotopic (exact) mass is 256 g/mol. The van der Waals surface area contributed by atoms with Crippen LogP contribution >= 0.6 is 15.9 Å². The topological polar surface area (TPSA) is 41.0 Å². The summed E-state index contributed by atoms with van der Waals surface area (Å²) in [4.78, 5) is 8.79. The number of anilines is 1. The molecule has 2 rings (SSSR count). The third-order valence-corrected chi connectivity index (χ3v) is 2.40. The molecule has 1 aromatic heterocycles. The van der Waals surface area contributed by atoms with Crippen LogP contribution in [0.3, 0.4) is 0 Å². The largest absolute Gasteiger partial charge is 0.303 e. The molecule has 0 radical (unpaired) electrons. The zero-order chi connectivity index (χ0) is 10.1. The highest BCUT2D eigenvalue weighted by molar-refractivity contribution is 9.10. The third kappa shape index (κ3) is 2.42. The molecule has 1 aliphatic carbocycles. The summed E-state index contributed by atoms with van der Waals surface area (Å²) in [6.07, 6.45) is 2.44. The first-order valence-corrected chi connectivity index (χ1v) is 5.43. The molecule has 0 amide bonds. The van der Waals surface area contributed by atoms with Crippen molar-refractivity contribution in [2.45, 2.75) is 18.8 Å². The van der Waals surface area contributed by atoms with Crippen molar-refractivity contribution >= 4 is 21.7 Å². The van der Waals surface area contributed by atoms with Crippen molar-refractivity contribution in [1.29, 1.82) is 0 Å². The maximum absolute atomic E-state index is 4.44. The highest BCUT2D eigenvalue weighted by Gasteiger charge is 2.27. The number of nitrogens with zero attached hydrogens (tertiary/aromatic N) is 3. The van der Waals surface area contributed by atoms with Gasteiger partial charge in [-0.25, -0.2) is 15.0 Å². The molecule has 0 bridgehead atoms. The van der Waals surface area contributed by atoms with Crippen molar-refractivity contribution in [2.75, 3.05) is 19.5 Å². The minimum absolute atomic E-state index is 0.579. The van der Waals surface area contributed by atoms with Gasteiger partial charge < -0.3 is 5.43 Å². The van der Waals surface area contributed by atoms with Gasteiger partial charge in [0.05, 0.1) is 0 Å². The highest BCUT2D eigenvalue weighted by atomic mass is 79.9. The van der Waals surface area contributed by atoms with Gasteiger partial charge in [-0.15, -0.1) is 0 Å². The van der Waals surface area contributed by atoms with Crippen LogP contribution in [0.25, 0.3) is 0 Å². The molecule has 0 atom stereocenters. The van der Waals surface area contributed by atoms with E-state index in [0.29, 0.717) is 5.92 Å². The Morgan fingerprint density at radius 2 is 2.14 bits per heavy atom. The molecule has 0 spiro atoms. The molecule has 5 heteroatoms. The molecule has 0 unspecified atom stereocenters. The molecule has 14 heavy (non-hydrogen) atoms. The Labute approximate surface area is 91.8 Å². The molecule has 1 fully saturated rings. The zero-order valence-corrected chi connectivity index (χ0v) is 9.87. The van der Waals surface area contributed by atoms with Gasteiger partial charge in [0.2, 0.25) is 0 Å². The lowest BCUT2D eigenvalue weighted by atomic mass is 10.4. The summed E-state index contributed by atoms with van der Waals surface area (Å²) in [7, 11) is 3.87. The fourth-order valence-electron chi connectivity index (χ4n) is 1.25. The molecular formula is C9H13BrN4. The van der Waals surface area contributed by atoms with Crippen LogP contribution in [0.4, 0.5) is 5.82 Å². The van der Waals surface area contributed by atoms with E-state index < -0.39 is 0 Å². The predicted molar refractivity (Wildman–Crippen MR) is 59.0 cm³/mol. The standard InChI is InChI=1S/C9H13BrN4/c1-14(2)13-8-5-7(10)11-9(12-8)6-3-4-6/h5-6H,3-4H2,1-2H3,(H,11,12,13). The van der Waals surface area contributed by atoms with Crippen molar-refractivity contribution in [1.82, 2.24) is 15.0 Å². The lowest BCUT2D eigenvalue weighted by Gasteiger charge is -2.13. The summed E-state index contributed by atoms with van der Waals surface area (Å²) in [5, 5.41) is 1.87. The van der Waals surface area contributed by atoms with Crippen LogP contribution in [0.1, 0.15) is 24.6 Å². The van der Waals surface area contributed by atoms with Crippen LogP contribution in [-0.2, 0) is 0 Å². The molecule has 4 nitrogen and oxygen atoms in total. The lowest BCUT2D eigenvalue weighted by molar-refractivity contribution is 0.491. The molecule has 1 aliphatic rings. The highest BCUT2D eigenvalue weighted by Crippen LogP contribution is 2.38. The van der Waals surface area contributed by atoms with E-state index in [9.17, 15) is 0 Å². The Balaban J connectivity index is 2.22. The average Bonchev–Trinajstić information content (AvgIpc) is 2.82. The van der Waals surface area contributed by atoms with Crippen LogP contribution in [0, 0.1) is 0 Å². The van der Waals surface area contributed by atoms with Gasteiger partial charge in [0.25, 0.3) is 0 Å². The Morgan fingerprint density at radius 1 is 1.43 bits per heavy atom. The Morgan fingerprint density at radius 3 is 2.71 bits per heavy atom. The van der Waals surface area contributed by atoms with Gasteiger partial charge >= 0.3 is 0 Å². The first kappa shape index (κ1) is 9.86. The van der Waals surface area contributed by atoms with Crippen molar-refractivity contribution < 1.29 is 0 Å². The van der Waals surface area contributed by atoms with E-state index in [0.717, 1.165) is 16.2 Å². The quantitative estimate of drug-likeness (QED) is 0.664. The van der Waals surface area contributed by atoms with Crippen molar-refractivity contribution in [3.8, 4) is 0 Å². The molecule has 1 N–H and O–H groups in total. The minimum Gasteiger partial charge on any atom is -0.303 e. The SMILES string of the molecule is CN(C)Nc1cc(Br)nc(C2CC2)n1. The second kappa shape index (κ2) is 3.82. The molecule has 76 valence electrons. The molecule has 1 aromatic rings. The summed E-state index contributed by atoms with van der Waals surface area (Å²) in [6, 6.07) is 1.88. The number of rotatable bonds is 3. The van der Waals surface area contributed by atoms with Gasteiger partial charge in [-0.05, 0) is 28.8 Å². The van der Waals surface area contributed by atoms with Crippen LogP contribution < -0.4 is 5.43 Å². The summed E-state index contributed by atoms with van der Waals surface area (Å²) in [5.41, 5.74) is 3.12. The number of aromatic nitrogens is 2. The second-order valence-corrected chi connectivity index (χ2v) is 4.53. The third-order valence-electron chi connectivity index (χ3n) is 1.99. The Hall–Kier alpha value is -0.680. The molecule has 1 saturated carbocycles. The van der Waals surface area contributed by atoms with Crippen LogP contribution in [0.5, 0.6) is 0 Å². The number of nitrogens with one attached hydrogen (secondary N) is 1. The van der Waals surface area contributed by atoms with E-state index in [-0.39, 0.29) is 0 Å². The maximum Gasteiger partial charge on any atom is 0.145 e. The molecule has 1 heterocycles. The normalized spacial score (nSPS) is 16.0. The number of hydrogen-bond donors (Lipinski definition) is 1. The summed E-state index contributed by atoms with van der Waals surface area (Å²) in [6.45, 7) is 0. The Bertz CT molecular complexity index is 336. The summed E-state index contributed by atoms with van der Waals surface area (Å²) < 4.78 is 0.846. The van der Waals surface area contributed by atoms with Gasteiger partial charge in [-0.2, -0.15) is 0 Å². The second-order valence-electron chi connectivity index (χ2n) is 3.71. The fourth-order valence-corrected chi connectivity index (χ4v) is 1.64. The van der Waals surface area contributed by atoms with Crippen LogP contribution in [-0.4, -0.2) is 29.1 Å².